The number of anilines is 1. The molecular weight excluding hydrogens is 435 g/mol. The van der Waals surface area contributed by atoms with Crippen molar-refractivity contribution in [3.8, 4) is 6.07 Å². The normalized spacial score (nSPS) is 15.1. The summed E-state index contributed by atoms with van der Waals surface area (Å²) in [5.74, 6) is -2.57. The predicted molar refractivity (Wildman–Crippen MR) is 89.8 cm³/mol. The van der Waals surface area contributed by atoms with Crippen LogP contribution in [0.3, 0.4) is 0 Å². The first-order chi connectivity index (χ1) is 12.6. The topological polar surface area (TPSA) is 52.9 Å². The van der Waals surface area contributed by atoms with Crippen LogP contribution in [0.15, 0.2) is 34.8 Å². The largest absolute Gasteiger partial charge is 0.416 e. The van der Waals surface area contributed by atoms with E-state index >= 15 is 0 Å². The molecule has 3 nitrogen and oxygen atoms in total. The minimum absolute atomic E-state index is 0.00385. The second-order valence-corrected chi connectivity index (χ2v) is 6.95. The molecular formula is C18H10BrF5N2O. The second kappa shape index (κ2) is 6.60. The van der Waals surface area contributed by atoms with E-state index in [1.807, 2.05) is 0 Å². The van der Waals surface area contributed by atoms with Crippen molar-refractivity contribution in [3.63, 3.8) is 0 Å². The van der Waals surface area contributed by atoms with Gasteiger partial charge in [-0.05, 0) is 53.0 Å². The van der Waals surface area contributed by atoms with E-state index in [1.165, 1.54) is 6.07 Å². The number of hydrogen-bond acceptors (Lipinski definition) is 2. The van der Waals surface area contributed by atoms with E-state index < -0.39 is 34.7 Å². The SMILES string of the molecule is N#Cc1cc(NC(=O)C2(c3ccc(C(F)(F)F)cc3F)CC2)cc(F)c1Br. The molecule has 9 heteroatoms. The number of amides is 1. The highest BCUT2D eigenvalue weighted by molar-refractivity contribution is 9.10. The van der Waals surface area contributed by atoms with Gasteiger partial charge in [0.25, 0.3) is 0 Å². The van der Waals surface area contributed by atoms with E-state index in [0.717, 1.165) is 18.2 Å². The molecule has 1 aliphatic carbocycles. The first-order valence-electron chi connectivity index (χ1n) is 7.66. The molecule has 1 N–H and O–H groups in total. The van der Waals surface area contributed by atoms with Crippen LogP contribution in [-0.2, 0) is 16.4 Å². The van der Waals surface area contributed by atoms with E-state index in [2.05, 4.69) is 21.2 Å². The molecule has 2 aromatic carbocycles. The van der Waals surface area contributed by atoms with Crippen molar-refractivity contribution < 1.29 is 26.7 Å². The number of carbonyl (C=O) groups is 1. The lowest BCUT2D eigenvalue weighted by Gasteiger charge is -2.18. The van der Waals surface area contributed by atoms with Gasteiger partial charge in [0, 0.05) is 11.3 Å². The molecule has 0 radical (unpaired) electrons. The highest BCUT2D eigenvalue weighted by Gasteiger charge is 2.53. The monoisotopic (exact) mass is 444 g/mol. The van der Waals surface area contributed by atoms with Gasteiger partial charge in [-0.1, -0.05) is 6.07 Å². The number of rotatable bonds is 3. The number of halogens is 6. The highest BCUT2D eigenvalue weighted by atomic mass is 79.9. The molecule has 0 aromatic heterocycles. The average molecular weight is 445 g/mol. The number of nitrogens with zero attached hydrogens (tertiary/aromatic N) is 1. The number of benzene rings is 2. The Balaban J connectivity index is 1.90. The number of nitriles is 1. The fourth-order valence-corrected chi connectivity index (χ4v) is 3.13. The number of alkyl halides is 3. The quantitative estimate of drug-likeness (QED) is 0.654. The summed E-state index contributed by atoms with van der Waals surface area (Å²) in [5.41, 5.74) is -2.66. The van der Waals surface area contributed by atoms with E-state index in [-0.39, 0.29) is 34.1 Å². The van der Waals surface area contributed by atoms with E-state index in [0.29, 0.717) is 6.07 Å². The Morgan fingerprint density at radius 1 is 1.15 bits per heavy atom. The van der Waals surface area contributed by atoms with Crippen LogP contribution in [0.2, 0.25) is 0 Å². The van der Waals surface area contributed by atoms with E-state index in [1.54, 1.807) is 6.07 Å². The Morgan fingerprint density at radius 3 is 2.33 bits per heavy atom. The number of nitrogens with one attached hydrogen (secondary N) is 1. The molecule has 1 saturated carbocycles. The van der Waals surface area contributed by atoms with Gasteiger partial charge in [0.1, 0.15) is 17.7 Å². The van der Waals surface area contributed by atoms with E-state index in [4.69, 9.17) is 5.26 Å². The van der Waals surface area contributed by atoms with Gasteiger partial charge in [-0.3, -0.25) is 4.79 Å². The van der Waals surface area contributed by atoms with Crippen molar-refractivity contribution >= 4 is 27.5 Å². The van der Waals surface area contributed by atoms with Crippen molar-refractivity contribution in [2.75, 3.05) is 5.32 Å². The summed E-state index contributed by atoms with van der Waals surface area (Å²) in [6.07, 6.45) is -4.21. The van der Waals surface area contributed by atoms with Gasteiger partial charge in [0.15, 0.2) is 0 Å². The third-order valence-corrected chi connectivity index (χ3v) is 5.21. The van der Waals surface area contributed by atoms with Crippen LogP contribution in [0, 0.1) is 23.0 Å². The molecule has 0 unspecified atom stereocenters. The van der Waals surface area contributed by atoms with Gasteiger partial charge in [0.2, 0.25) is 5.91 Å². The fraction of sp³-hybridized carbons (Fsp3) is 0.222. The van der Waals surface area contributed by atoms with Crippen molar-refractivity contribution in [1.29, 1.82) is 5.26 Å². The van der Waals surface area contributed by atoms with Crippen molar-refractivity contribution in [2.45, 2.75) is 24.4 Å². The van der Waals surface area contributed by atoms with Gasteiger partial charge in [-0.15, -0.1) is 0 Å². The lowest BCUT2D eigenvalue weighted by atomic mass is 9.93. The van der Waals surface area contributed by atoms with Gasteiger partial charge < -0.3 is 5.32 Å². The summed E-state index contributed by atoms with van der Waals surface area (Å²) in [6, 6.07) is 6.02. The summed E-state index contributed by atoms with van der Waals surface area (Å²) in [5, 5.41) is 11.4. The maximum Gasteiger partial charge on any atom is 0.416 e. The molecule has 0 saturated heterocycles. The zero-order valence-electron chi connectivity index (χ0n) is 13.4. The maximum atomic E-state index is 14.3. The van der Waals surface area contributed by atoms with Gasteiger partial charge in [-0.2, -0.15) is 18.4 Å². The van der Waals surface area contributed by atoms with Crippen molar-refractivity contribution in [2.24, 2.45) is 0 Å². The molecule has 140 valence electrons. The van der Waals surface area contributed by atoms with Crippen LogP contribution in [0.4, 0.5) is 27.6 Å². The summed E-state index contributed by atoms with van der Waals surface area (Å²) >= 11 is 2.91. The molecule has 1 fully saturated rings. The Kier molecular flexibility index (Phi) is 4.72. The van der Waals surface area contributed by atoms with Gasteiger partial charge in [-0.25, -0.2) is 8.78 Å². The molecule has 0 bridgehead atoms. The number of carbonyl (C=O) groups excluding carboxylic acids is 1. The summed E-state index contributed by atoms with van der Waals surface area (Å²) in [6.45, 7) is 0. The van der Waals surface area contributed by atoms with Gasteiger partial charge >= 0.3 is 6.18 Å². The molecule has 2 aromatic rings. The highest BCUT2D eigenvalue weighted by Crippen LogP contribution is 2.50. The van der Waals surface area contributed by atoms with Crippen LogP contribution in [0.1, 0.15) is 29.5 Å². The molecule has 0 spiro atoms. The second-order valence-electron chi connectivity index (χ2n) is 6.16. The Morgan fingerprint density at radius 2 is 1.81 bits per heavy atom. The molecule has 0 aliphatic heterocycles. The summed E-state index contributed by atoms with van der Waals surface area (Å²) < 4.78 is 66.1. The third kappa shape index (κ3) is 3.54. The standard InChI is InChI=1S/C18H10BrF5N2O/c19-15-9(8-25)5-11(7-14(15)21)26-16(27)17(3-4-17)12-2-1-10(6-13(12)20)18(22,23)24/h1-2,5-7H,3-4H2,(H,26,27). The van der Waals surface area contributed by atoms with Crippen LogP contribution in [0.25, 0.3) is 0 Å². The third-order valence-electron chi connectivity index (χ3n) is 4.40. The summed E-state index contributed by atoms with van der Waals surface area (Å²) in [7, 11) is 0. The maximum absolute atomic E-state index is 14.3. The minimum atomic E-state index is -4.69. The van der Waals surface area contributed by atoms with Crippen LogP contribution in [-0.4, -0.2) is 5.91 Å². The number of hydrogen-bond donors (Lipinski definition) is 1. The molecule has 1 amide bonds. The van der Waals surface area contributed by atoms with E-state index in [9.17, 15) is 26.7 Å². The van der Waals surface area contributed by atoms with Crippen LogP contribution in [0.5, 0.6) is 0 Å². The Labute approximate surface area is 158 Å². The van der Waals surface area contributed by atoms with Crippen molar-refractivity contribution in [1.82, 2.24) is 0 Å². The molecule has 0 atom stereocenters. The fourth-order valence-electron chi connectivity index (χ4n) is 2.82. The first-order valence-corrected chi connectivity index (χ1v) is 8.45. The first kappa shape index (κ1) is 19.3. The molecule has 27 heavy (non-hydrogen) atoms. The Hall–Kier alpha value is -2.47. The predicted octanol–water partition coefficient (Wildman–Crippen LogP) is 5.29. The lowest BCUT2D eigenvalue weighted by Crippen LogP contribution is -2.29. The Bertz CT molecular complexity index is 977. The van der Waals surface area contributed by atoms with Crippen LogP contribution < -0.4 is 5.32 Å². The minimum Gasteiger partial charge on any atom is -0.325 e. The zero-order valence-corrected chi connectivity index (χ0v) is 15.0. The molecule has 0 heterocycles. The smallest absolute Gasteiger partial charge is 0.325 e. The van der Waals surface area contributed by atoms with Gasteiger partial charge in [0.05, 0.1) is 21.0 Å². The lowest BCUT2D eigenvalue weighted by molar-refractivity contribution is -0.137. The average Bonchev–Trinajstić information content (AvgIpc) is 3.38. The zero-order chi connectivity index (χ0) is 20.0. The van der Waals surface area contributed by atoms with Crippen molar-refractivity contribution in [3.05, 3.63) is 63.1 Å². The summed E-state index contributed by atoms with van der Waals surface area (Å²) in [4.78, 5) is 12.6. The molecule has 3 rings (SSSR count). The van der Waals surface area contributed by atoms with Crippen LogP contribution >= 0.6 is 15.9 Å². The molecule has 1 aliphatic rings.